The predicted octanol–water partition coefficient (Wildman–Crippen LogP) is 3.34. The van der Waals surface area contributed by atoms with Gasteiger partial charge in [-0.2, -0.15) is 0 Å². The van der Waals surface area contributed by atoms with Gasteiger partial charge in [-0.1, -0.05) is 36.4 Å². The number of hydrogen-bond acceptors (Lipinski definition) is 7. The van der Waals surface area contributed by atoms with Gasteiger partial charge >= 0.3 is 0 Å². The second-order valence-corrected chi connectivity index (χ2v) is 6.76. The molecular weight excluding hydrogens is 372 g/mol. The Morgan fingerprint density at radius 2 is 1.66 bits per heavy atom. The lowest BCUT2D eigenvalue weighted by molar-refractivity contribution is 0.0405. The van der Waals surface area contributed by atoms with E-state index in [4.69, 9.17) is 13.9 Å². The summed E-state index contributed by atoms with van der Waals surface area (Å²) in [6.45, 7) is 0. The summed E-state index contributed by atoms with van der Waals surface area (Å²) in [5.41, 5.74) is -0.612. The highest BCUT2D eigenvalue weighted by Gasteiger charge is 2.51. The van der Waals surface area contributed by atoms with E-state index in [9.17, 15) is 9.90 Å². The molecule has 1 aromatic heterocycles. The largest absolute Gasteiger partial charge is 0.497 e. The van der Waals surface area contributed by atoms with Gasteiger partial charge in [0.05, 0.1) is 14.2 Å². The van der Waals surface area contributed by atoms with E-state index in [1.807, 2.05) is 12.1 Å². The lowest BCUT2D eigenvalue weighted by atomic mass is 9.94. The summed E-state index contributed by atoms with van der Waals surface area (Å²) in [5, 5.41) is 21.1. The molecule has 4 aromatic rings. The number of Topliss-reactive ketones (excluding diaryl/α,β-unsaturated/α-hetero) is 1. The van der Waals surface area contributed by atoms with E-state index < -0.39 is 11.4 Å². The van der Waals surface area contributed by atoms with Crippen LogP contribution in [0.3, 0.4) is 0 Å². The molecule has 0 aliphatic heterocycles. The Hall–Kier alpha value is -3.71. The molecule has 1 aliphatic rings. The molecule has 5 rings (SSSR count). The third-order valence-electron chi connectivity index (χ3n) is 5.20. The number of methoxy groups -OCH3 is 2. The Morgan fingerprint density at radius 3 is 2.34 bits per heavy atom. The second kappa shape index (κ2) is 6.15. The molecule has 0 saturated carbocycles. The van der Waals surface area contributed by atoms with E-state index in [2.05, 4.69) is 10.2 Å². The molecule has 0 amide bonds. The summed E-state index contributed by atoms with van der Waals surface area (Å²) < 4.78 is 16.3. The minimum atomic E-state index is -2.03. The van der Waals surface area contributed by atoms with E-state index in [0.717, 1.165) is 5.39 Å². The van der Waals surface area contributed by atoms with Gasteiger partial charge < -0.3 is 19.0 Å². The Balaban J connectivity index is 1.65. The predicted molar refractivity (Wildman–Crippen MR) is 104 cm³/mol. The van der Waals surface area contributed by atoms with E-state index in [1.165, 1.54) is 14.2 Å². The molecule has 0 fully saturated rings. The quantitative estimate of drug-likeness (QED) is 0.573. The van der Waals surface area contributed by atoms with Crippen molar-refractivity contribution in [1.82, 2.24) is 10.2 Å². The summed E-state index contributed by atoms with van der Waals surface area (Å²) in [7, 11) is 3.07. The molecule has 144 valence electrons. The van der Waals surface area contributed by atoms with Crippen molar-refractivity contribution in [2.45, 2.75) is 5.60 Å². The molecule has 7 heteroatoms. The molecule has 1 heterocycles. The third-order valence-corrected chi connectivity index (χ3v) is 5.20. The van der Waals surface area contributed by atoms with Crippen LogP contribution >= 0.6 is 0 Å². The van der Waals surface area contributed by atoms with Crippen LogP contribution in [-0.4, -0.2) is 35.3 Å². The van der Waals surface area contributed by atoms with Crippen LogP contribution in [0.2, 0.25) is 0 Å². The van der Waals surface area contributed by atoms with Crippen molar-refractivity contribution in [1.29, 1.82) is 0 Å². The van der Waals surface area contributed by atoms with Gasteiger partial charge in [0.1, 0.15) is 11.5 Å². The highest BCUT2D eigenvalue weighted by Crippen LogP contribution is 2.45. The molecule has 1 unspecified atom stereocenters. The minimum absolute atomic E-state index is 0.140. The molecule has 0 bridgehead atoms. The Morgan fingerprint density at radius 1 is 0.966 bits per heavy atom. The first-order valence-corrected chi connectivity index (χ1v) is 8.93. The lowest BCUT2D eigenvalue weighted by Gasteiger charge is -2.17. The van der Waals surface area contributed by atoms with Crippen LogP contribution in [0.4, 0.5) is 0 Å². The lowest BCUT2D eigenvalue weighted by Crippen LogP contribution is -2.33. The maximum Gasteiger partial charge on any atom is 0.261 e. The van der Waals surface area contributed by atoms with Crippen molar-refractivity contribution in [3.63, 3.8) is 0 Å². The van der Waals surface area contributed by atoms with E-state index >= 15 is 0 Å². The Bertz CT molecular complexity index is 1250. The highest BCUT2D eigenvalue weighted by molar-refractivity contribution is 6.20. The normalized spacial score (nSPS) is 17.7. The maximum atomic E-state index is 13.1. The number of nitrogens with zero attached hydrogens (tertiary/aromatic N) is 2. The van der Waals surface area contributed by atoms with Gasteiger partial charge in [0, 0.05) is 22.8 Å². The Labute approximate surface area is 165 Å². The summed E-state index contributed by atoms with van der Waals surface area (Å²) in [4.78, 5) is 13.1. The zero-order valence-electron chi connectivity index (χ0n) is 15.7. The smallest absolute Gasteiger partial charge is 0.261 e. The number of carbonyl (C=O) groups is 1. The van der Waals surface area contributed by atoms with Gasteiger partial charge in [0.15, 0.2) is 0 Å². The second-order valence-electron chi connectivity index (χ2n) is 6.76. The summed E-state index contributed by atoms with van der Waals surface area (Å²) >= 11 is 0. The maximum absolute atomic E-state index is 13.1. The summed E-state index contributed by atoms with van der Waals surface area (Å²) in [6, 6.07) is 15.9. The summed E-state index contributed by atoms with van der Waals surface area (Å²) in [5.74, 6) is 0.575. The number of hydrogen-bond donors (Lipinski definition) is 1. The molecule has 3 aromatic carbocycles. The van der Waals surface area contributed by atoms with Crippen LogP contribution in [0.1, 0.15) is 21.8 Å². The topological polar surface area (TPSA) is 94.7 Å². The molecular formula is C22H16N2O5. The van der Waals surface area contributed by atoms with Crippen molar-refractivity contribution in [2.24, 2.45) is 0 Å². The highest BCUT2D eigenvalue weighted by atomic mass is 16.5. The first-order valence-electron chi connectivity index (χ1n) is 8.93. The van der Waals surface area contributed by atoms with Gasteiger partial charge in [0.25, 0.3) is 5.89 Å². The molecule has 0 spiro atoms. The van der Waals surface area contributed by atoms with Gasteiger partial charge in [0.2, 0.25) is 17.3 Å². The molecule has 29 heavy (non-hydrogen) atoms. The van der Waals surface area contributed by atoms with Gasteiger partial charge in [-0.15, -0.1) is 10.2 Å². The first kappa shape index (κ1) is 17.4. The van der Waals surface area contributed by atoms with Crippen molar-refractivity contribution >= 4 is 16.6 Å². The van der Waals surface area contributed by atoms with E-state index in [0.29, 0.717) is 33.6 Å². The number of ether oxygens (including phenoxy) is 2. The fraction of sp³-hybridized carbons (Fsp3) is 0.136. The summed E-state index contributed by atoms with van der Waals surface area (Å²) in [6.07, 6.45) is 0. The molecule has 1 aliphatic carbocycles. The van der Waals surface area contributed by atoms with Crippen molar-refractivity contribution in [3.05, 3.63) is 71.6 Å². The van der Waals surface area contributed by atoms with Crippen LogP contribution in [0.15, 0.2) is 59.0 Å². The van der Waals surface area contributed by atoms with Crippen molar-refractivity contribution in [3.8, 4) is 23.0 Å². The minimum Gasteiger partial charge on any atom is -0.497 e. The number of benzene rings is 3. The number of rotatable bonds is 4. The van der Waals surface area contributed by atoms with Crippen LogP contribution in [0.25, 0.3) is 22.2 Å². The molecule has 7 nitrogen and oxygen atoms in total. The molecule has 0 saturated heterocycles. The fourth-order valence-electron chi connectivity index (χ4n) is 3.78. The monoisotopic (exact) mass is 388 g/mol. The third kappa shape index (κ3) is 2.37. The average molecular weight is 388 g/mol. The van der Waals surface area contributed by atoms with Crippen LogP contribution < -0.4 is 9.47 Å². The van der Waals surface area contributed by atoms with Crippen molar-refractivity contribution in [2.75, 3.05) is 14.2 Å². The standard InChI is InChI=1S/C22H16N2O5/c1-27-14-9-13(10-15(11-14)28-2)20-23-24-21(29-20)22(26)17-8-4-6-12-5-3-7-16(18(12)17)19(22)25/h3-11,26H,1-2H3. The molecule has 1 atom stereocenters. The van der Waals surface area contributed by atoms with E-state index in [1.54, 1.807) is 42.5 Å². The van der Waals surface area contributed by atoms with Gasteiger partial charge in [-0.05, 0) is 22.9 Å². The fourth-order valence-corrected chi connectivity index (χ4v) is 3.78. The average Bonchev–Trinajstić information content (AvgIpc) is 3.34. The SMILES string of the molecule is COc1cc(OC)cc(-c2nnc(C3(O)C(=O)c4cccc5cccc3c45)o2)c1. The molecule has 0 radical (unpaired) electrons. The number of carbonyl (C=O) groups excluding carboxylic acids is 1. The zero-order chi connectivity index (χ0) is 20.2. The number of aromatic nitrogens is 2. The number of ketones is 1. The van der Waals surface area contributed by atoms with Crippen LogP contribution in [-0.2, 0) is 5.60 Å². The van der Waals surface area contributed by atoms with Crippen molar-refractivity contribution < 1.29 is 23.8 Å². The molecule has 1 N–H and O–H groups in total. The zero-order valence-corrected chi connectivity index (χ0v) is 15.7. The van der Waals surface area contributed by atoms with E-state index in [-0.39, 0.29) is 11.8 Å². The van der Waals surface area contributed by atoms with Gasteiger partial charge in [-0.3, -0.25) is 4.79 Å². The van der Waals surface area contributed by atoms with Gasteiger partial charge in [-0.25, -0.2) is 0 Å². The van der Waals surface area contributed by atoms with Crippen LogP contribution in [0.5, 0.6) is 11.5 Å². The number of aliphatic hydroxyl groups is 1. The van der Waals surface area contributed by atoms with Crippen LogP contribution in [0, 0.1) is 0 Å². The first-order chi connectivity index (χ1) is 14.1. The Kier molecular flexibility index (Phi) is 3.69.